The van der Waals surface area contributed by atoms with Crippen LogP contribution in [0.25, 0.3) is 0 Å². The van der Waals surface area contributed by atoms with Crippen LogP contribution in [0.3, 0.4) is 0 Å². The van der Waals surface area contributed by atoms with Crippen molar-refractivity contribution < 1.29 is 24.6 Å². The summed E-state index contributed by atoms with van der Waals surface area (Å²) in [6, 6.07) is 14.1. The minimum atomic E-state index is -1.60. The third-order valence-corrected chi connectivity index (χ3v) is 10.6. The summed E-state index contributed by atoms with van der Waals surface area (Å²) in [6.07, 6.45) is 1.43. The van der Waals surface area contributed by atoms with Crippen LogP contribution in [0.1, 0.15) is 64.7 Å². The molecule has 4 N–H and O–H groups in total. The van der Waals surface area contributed by atoms with Crippen LogP contribution in [0.4, 0.5) is 0 Å². The number of nitrogens with one attached hydrogen (secondary N) is 2. The normalized spacial score (nSPS) is 20.8. The molecule has 1 aliphatic heterocycles. The number of nitrogens with zero attached hydrogens (tertiary/aromatic N) is 1. The van der Waals surface area contributed by atoms with E-state index in [9.17, 15) is 24.6 Å². The molecule has 5 rings (SSSR count). The van der Waals surface area contributed by atoms with Gasteiger partial charge in [0.15, 0.2) is 6.10 Å². The molecular formula is C32H37N3O5S2. The van der Waals surface area contributed by atoms with Crippen molar-refractivity contribution in [2.75, 3.05) is 5.88 Å². The number of thioether (sulfide) groups is 1. The lowest BCUT2D eigenvalue weighted by atomic mass is 9.92. The second-order valence-corrected chi connectivity index (χ2v) is 14.1. The molecule has 3 aromatic rings. The first-order valence-corrected chi connectivity index (χ1v) is 16.1. The molecular weight excluding hydrogens is 571 g/mol. The number of amides is 3. The number of aryl methyl sites for hydroxylation is 1. The van der Waals surface area contributed by atoms with Gasteiger partial charge in [0.2, 0.25) is 5.91 Å². The molecule has 2 aromatic carbocycles. The zero-order valence-electron chi connectivity index (χ0n) is 24.0. The second kappa shape index (κ2) is 12.5. The van der Waals surface area contributed by atoms with E-state index in [0.29, 0.717) is 5.56 Å². The van der Waals surface area contributed by atoms with Gasteiger partial charge in [-0.15, -0.1) is 23.1 Å². The fourth-order valence-corrected chi connectivity index (χ4v) is 7.99. The Labute approximate surface area is 254 Å². The first-order chi connectivity index (χ1) is 20.1. The number of fused-ring (bicyclic) bond motifs is 1. The molecule has 1 fully saturated rings. The fraction of sp³-hybridized carbons (Fsp3) is 0.406. The number of phenols is 1. The van der Waals surface area contributed by atoms with E-state index >= 15 is 0 Å². The van der Waals surface area contributed by atoms with Crippen molar-refractivity contribution in [1.82, 2.24) is 15.5 Å². The maximum absolute atomic E-state index is 14.0. The molecule has 222 valence electrons. The Balaban J connectivity index is 1.38. The number of aromatic hydroxyl groups is 1. The van der Waals surface area contributed by atoms with Gasteiger partial charge in [0.25, 0.3) is 11.8 Å². The van der Waals surface area contributed by atoms with Crippen molar-refractivity contribution in [1.29, 1.82) is 0 Å². The molecule has 0 bridgehead atoms. The summed E-state index contributed by atoms with van der Waals surface area (Å²) in [5.41, 5.74) is 2.63. The summed E-state index contributed by atoms with van der Waals surface area (Å²) in [4.78, 5) is 43.8. The van der Waals surface area contributed by atoms with Crippen LogP contribution >= 0.6 is 23.1 Å². The quantitative estimate of drug-likeness (QED) is 0.303. The Kier molecular flexibility index (Phi) is 8.96. The molecule has 2 heterocycles. The predicted molar refractivity (Wildman–Crippen MR) is 166 cm³/mol. The summed E-state index contributed by atoms with van der Waals surface area (Å²) in [6.45, 7) is 5.51. The SMILES string of the molecule is Cc1c(O)cccc1C(=O)N[C@@H](Cc1ccccc1)[C@H](O)C(=O)N1CSC(C)(C)[C@H]1C(=O)N[C@H]1CCCc2sccc21. The molecule has 10 heteroatoms. The first-order valence-electron chi connectivity index (χ1n) is 14.2. The summed E-state index contributed by atoms with van der Waals surface area (Å²) in [5, 5.41) is 29.7. The molecule has 1 aromatic heterocycles. The van der Waals surface area contributed by atoms with Gasteiger partial charge in [0, 0.05) is 20.8 Å². The average molecular weight is 608 g/mol. The molecule has 1 aliphatic carbocycles. The molecule has 1 saturated heterocycles. The number of phenolic OH excluding ortho intramolecular Hbond substituents is 1. The van der Waals surface area contributed by atoms with Crippen molar-refractivity contribution >= 4 is 40.8 Å². The van der Waals surface area contributed by atoms with E-state index < -0.39 is 34.7 Å². The fourth-order valence-electron chi connectivity index (χ4n) is 5.87. The molecule has 4 atom stereocenters. The monoisotopic (exact) mass is 607 g/mol. The van der Waals surface area contributed by atoms with E-state index in [-0.39, 0.29) is 35.6 Å². The summed E-state index contributed by atoms with van der Waals surface area (Å²) in [7, 11) is 0. The standard InChI is InChI=1S/C32H37N3O5S2/c1-19-21(11-7-13-25(19)36)29(38)34-24(17-20-9-5-4-6-10-20)27(37)31(40)35-18-42-32(2,3)28(35)30(39)33-23-12-8-14-26-22(23)15-16-41-26/h4-7,9-11,13,15-16,23-24,27-28,36-37H,8,12,14,17-18H2,1-3H3,(H,33,39)(H,34,38)/t23-,24-,27-,28+/m0/s1. The van der Waals surface area contributed by atoms with Crippen LogP contribution in [0.15, 0.2) is 60.0 Å². The number of benzene rings is 2. The largest absolute Gasteiger partial charge is 0.508 e. The van der Waals surface area contributed by atoms with Crippen LogP contribution in [-0.2, 0) is 22.4 Å². The average Bonchev–Trinajstić information content (AvgIpc) is 3.58. The molecule has 8 nitrogen and oxygen atoms in total. The highest BCUT2D eigenvalue weighted by Gasteiger charge is 2.50. The van der Waals surface area contributed by atoms with Gasteiger partial charge >= 0.3 is 0 Å². The number of carbonyl (C=O) groups excluding carboxylic acids is 3. The number of aliphatic hydroxyl groups is 1. The Bertz CT molecular complexity index is 1460. The minimum Gasteiger partial charge on any atom is -0.508 e. The van der Waals surface area contributed by atoms with Gasteiger partial charge in [-0.1, -0.05) is 36.4 Å². The number of rotatable bonds is 8. The summed E-state index contributed by atoms with van der Waals surface area (Å²) < 4.78 is -0.581. The smallest absolute Gasteiger partial charge is 0.254 e. The predicted octanol–water partition coefficient (Wildman–Crippen LogP) is 4.34. The molecule has 3 amide bonds. The Morgan fingerprint density at radius 1 is 1.10 bits per heavy atom. The zero-order valence-corrected chi connectivity index (χ0v) is 25.6. The lowest BCUT2D eigenvalue weighted by molar-refractivity contribution is -0.147. The van der Waals surface area contributed by atoms with Crippen molar-refractivity contribution in [3.05, 3.63) is 87.1 Å². The van der Waals surface area contributed by atoms with Crippen molar-refractivity contribution in [2.45, 2.75) is 75.4 Å². The van der Waals surface area contributed by atoms with Crippen LogP contribution in [0.2, 0.25) is 0 Å². The summed E-state index contributed by atoms with van der Waals surface area (Å²) >= 11 is 3.19. The number of hydrogen-bond acceptors (Lipinski definition) is 7. The van der Waals surface area contributed by atoms with Crippen molar-refractivity contribution in [3.63, 3.8) is 0 Å². The van der Waals surface area contributed by atoms with E-state index in [1.807, 2.05) is 44.2 Å². The second-order valence-electron chi connectivity index (χ2n) is 11.5. The van der Waals surface area contributed by atoms with Crippen LogP contribution in [0.5, 0.6) is 5.75 Å². The van der Waals surface area contributed by atoms with Crippen LogP contribution in [-0.4, -0.2) is 61.6 Å². The Hall–Kier alpha value is -3.34. The van der Waals surface area contributed by atoms with E-state index in [1.165, 1.54) is 27.6 Å². The first kappa shape index (κ1) is 30.1. The van der Waals surface area contributed by atoms with Crippen molar-refractivity contribution in [3.8, 4) is 5.75 Å². The molecule has 0 saturated carbocycles. The number of thiophene rings is 1. The van der Waals surface area contributed by atoms with E-state index in [2.05, 4.69) is 22.1 Å². The van der Waals surface area contributed by atoms with Crippen LogP contribution in [0, 0.1) is 6.92 Å². The Morgan fingerprint density at radius 3 is 2.62 bits per heavy atom. The van der Waals surface area contributed by atoms with E-state index in [0.717, 1.165) is 30.4 Å². The van der Waals surface area contributed by atoms with Gasteiger partial charge in [-0.25, -0.2) is 0 Å². The number of carbonyl (C=O) groups is 3. The van der Waals surface area contributed by atoms with Gasteiger partial charge in [0.1, 0.15) is 11.8 Å². The molecule has 2 aliphatic rings. The Morgan fingerprint density at radius 2 is 1.86 bits per heavy atom. The topological polar surface area (TPSA) is 119 Å². The third kappa shape index (κ3) is 6.21. The third-order valence-electron chi connectivity index (χ3n) is 8.24. The van der Waals surface area contributed by atoms with E-state index in [4.69, 9.17) is 0 Å². The maximum atomic E-state index is 14.0. The zero-order chi connectivity index (χ0) is 30.0. The van der Waals surface area contributed by atoms with Gasteiger partial charge in [0.05, 0.1) is 18.0 Å². The lowest BCUT2D eigenvalue weighted by Gasteiger charge is -2.35. The van der Waals surface area contributed by atoms with Gasteiger partial charge < -0.3 is 25.7 Å². The van der Waals surface area contributed by atoms with E-state index in [1.54, 1.807) is 30.4 Å². The highest BCUT2D eigenvalue weighted by molar-refractivity contribution is 8.00. The van der Waals surface area contributed by atoms with Gasteiger partial charge in [-0.2, -0.15) is 0 Å². The highest BCUT2D eigenvalue weighted by Crippen LogP contribution is 2.41. The maximum Gasteiger partial charge on any atom is 0.254 e. The minimum absolute atomic E-state index is 0.0170. The van der Waals surface area contributed by atoms with Gasteiger partial charge in [-0.05, 0) is 81.2 Å². The number of hydrogen-bond donors (Lipinski definition) is 4. The molecule has 42 heavy (non-hydrogen) atoms. The molecule has 0 unspecified atom stereocenters. The van der Waals surface area contributed by atoms with Crippen molar-refractivity contribution in [2.24, 2.45) is 0 Å². The lowest BCUT2D eigenvalue weighted by Crippen LogP contribution is -2.59. The van der Waals surface area contributed by atoms with Gasteiger partial charge in [-0.3, -0.25) is 14.4 Å². The number of aliphatic hydroxyl groups excluding tert-OH is 1. The van der Waals surface area contributed by atoms with Crippen LogP contribution < -0.4 is 10.6 Å². The molecule has 0 radical (unpaired) electrons. The summed E-state index contributed by atoms with van der Waals surface area (Å²) in [5.74, 6) is -1.13. The molecule has 0 spiro atoms. The highest BCUT2D eigenvalue weighted by atomic mass is 32.2.